The second-order valence-corrected chi connectivity index (χ2v) is 4.43. The Labute approximate surface area is 141 Å². The zero-order valence-electron chi connectivity index (χ0n) is 14.0. The van der Waals surface area contributed by atoms with Crippen molar-refractivity contribution in [2.24, 2.45) is 0 Å². The molecule has 24 heavy (non-hydrogen) atoms. The highest BCUT2D eigenvalue weighted by Crippen LogP contribution is 2.16. The highest BCUT2D eigenvalue weighted by atomic mass is 16.6. The second kappa shape index (κ2) is 12.3. The molecule has 0 aliphatic heterocycles. The number of nitro groups is 1. The van der Waals surface area contributed by atoms with E-state index >= 15 is 0 Å². The van der Waals surface area contributed by atoms with Gasteiger partial charge in [0.1, 0.15) is 0 Å². The van der Waals surface area contributed by atoms with Crippen molar-refractivity contribution in [3.05, 3.63) is 83.0 Å². The zero-order valence-corrected chi connectivity index (χ0v) is 14.0. The maximum atomic E-state index is 9.51. The summed E-state index contributed by atoms with van der Waals surface area (Å²) in [6, 6.07) is 5.82. The standard InChI is InChI=1S/C9H9N3.C5H8.C3H5NO3/c1-7-6-11-12-9(7)8-4-2-3-5-10-8;1-3-5-4-2;1-3(2-5)4(6)7/h2-6H,1H3,(H,11,12);3-5H,1H2,2H3;2,5H,1H3/b;5-4-;3-2-. The van der Waals surface area contributed by atoms with Crippen LogP contribution in [0.4, 0.5) is 0 Å². The van der Waals surface area contributed by atoms with Crippen molar-refractivity contribution in [3.63, 3.8) is 0 Å². The molecule has 2 aromatic rings. The molecule has 0 bridgehead atoms. The number of allylic oxidation sites excluding steroid dienone is 4. The molecular formula is C17H22N4O3. The first-order chi connectivity index (χ1) is 11.5. The van der Waals surface area contributed by atoms with Crippen LogP contribution >= 0.6 is 0 Å². The van der Waals surface area contributed by atoms with Crippen molar-refractivity contribution < 1.29 is 10.0 Å². The molecule has 2 heterocycles. The smallest absolute Gasteiger partial charge is 0.276 e. The fourth-order valence-electron chi connectivity index (χ4n) is 1.30. The number of nitrogens with zero attached hydrogens (tertiary/aromatic N) is 3. The molecule has 0 fully saturated rings. The molecule has 0 spiro atoms. The van der Waals surface area contributed by atoms with E-state index in [-0.39, 0.29) is 5.70 Å². The van der Waals surface area contributed by atoms with Gasteiger partial charge in [-0.2, -0.15) is 5.10 Å². The Morgan fingerprint density at radius 3 is 2.46 bits per heavy atom. The molecule has 0 radical (unpaired) electrons. The van der Waals surface area contributed by atoms with Gasteiger partial charge in [-0.25, -0.2) is 0 Å². The average molecular weight is 330 g/mol. The van der Waals surface area contributed by atoms with E-state index in [0.717, 1.165) is 17.0 Å². The van der Waals surface area contributed by atoms with Gasteiger partial charge in [0.15, 0.2) is 6.26 Å². The first kappa shape index (κ1) is 20.8. The Balaban J connectivity index is 0.000000379. The van der Waals surface area contributed by atoms with Crippen molar-refractivity contribution >= 4 is 0 Å². The van der Waals surface area contributed by atoms with Gasteiger partial charge in [-0.05, 0) is 31.5 Å². The van der Waals surface area contributed by atoms with Crippen LogP contribution in [-0.2, 0) is 0 Å². The first-order valence-electron chi connectivity index (χ1n) is 7.08. The molecule has 0 amide bonds. The summed E-state index contributed by atoms with van der Waals surface area (Å²) >= 11 is 0. The molecule has 0 saturated carbocycles. The summed E-state index contributed by atoms with van der Waals surface area (Å²) in [7, 11) is 0. The highest BCUT2D eigenvalue weighted by molar-refractivity contribution is 5.57. The third kappa shape index (κ3) is 8.28. The van der Waals surface area contributed by atoms with Crippen molar-refractivity contribution in [1.82, 2.24) is 15.2 Å². The molecule has 0 aliphatic carbocycles. The van der Waals surface area contributed by atoms with E-state index in [2.05, 4.69) is 21.8 Å². The lowest BCUT2D eigenvalue weighted by atomic mass is 10.2. The third-order valence-corrected chi connectivity index (χ3v) is 2.55. The van der Waals surface area contributed by atoms with Gasteiger partial charge < -0.3 is 5.11 Å². The third-order valence-electron chi connectivity index (χ3n) is 2.55. The normalized spacial score (nSPS) is 10.2. The number of hydrogen-bond donors (Lipinski definition) is 2. The van der Waals surface area contributed by atoms with Crippen LogP contribution in [0.15, 0.2) is 67.4 Å². The monoisotopic (exact) mass is 330 g/mol. The highest BCUT2D eigenvalue weighted by Gasteiger charge is 2.02. The quantitative estimate of drug-likeness (QED) is 0.379. The number of hydrogen-bond acceptors (Lipinski definition) is 5. The molecule has 7 heteroatoms. The number of aromatic nitrogens is 3. The van der Waals surface area contributed by atoms with Gasteiger partial charge in [0.25, 0.3) is 5.70 Å². The average Bonchev–Trinajstić information content (AvgIpc) is 3.03. The van der Waals surface area contributed by atoms with Crippen molar-refractivity contribution in [2.45, 2.75) is 20.8 Å². The molecule has 2 aromatic heterocycles. The maximum Gasteiger partial charge on any atom is 0.276 e. The summed E-state index contributed by atoms with van der Waals surface area (Å²) in [6.45, 7) is 8.64. The topological polar surface area (TPSA) is 105 Å². The molecule has 0 atom stereocenters. The Morgan fingerprint density at radius 2 is 2.17 bits per heavy atom. The van der Waals surface area contributed by atoms with E-state index in [1.165, 1.54) is 6.92 Å². The van der Waals surface area contributed by atoms with E-state index < -0.39 is 4.92 Å². The number of aromatic amines is 1. The van der Waals surface area contributed by atoms with E-state index in [1.807, 2.05) is 44.2 Å². The minimum atomic E-state index is -0.667. The summed E-state index contributed by atoms with van der Waals surface area (Å²) < 4.78 is 0. The predicted molar refractivity (Wildman–Crippen MR) is 94.9 cm³/mol. The lowest BCUT2D eigenvalue weighted by molar-refractivity contribution is -0.425. The number of pyridine rings is 1. The Morgan fingerprint density at radius 1 is 1.46 bits per heavy atom. The summed E-state index contributed by atoms with van der Waals surface area (Å²) in [4.78, 5) is 13.1. The SMILES string of the molecule is C/C(=C/O)[N+](=O)[O-].C=C/C=C\C.Cc1cn[nH]c1-c1ccccn1. The van der Waals surface area contributed by atoms with Crippen molar-refractivity contribution in [2.75, 3.05) is 0 Å². The Hall–Kier alpha value is -3.22. The second-order valence-electron chi connectivity index (χ2n) is 4.43. The van der Waals surface area contributed by atoms with Gasteiger partial charge in [-0.1, -0.05) is 30.9 Å². The molecular weight excluding hydrogens is 308 g/mol. The largest absolute Gasteiger partial charge is 0.509 e. The van der Waals surface area contributed by atoms with Gasteiger partial charge >= 0.3 is 0 Å². The first-order valence-corrected chi connectivity index (χ1v) is 7.08. The van der Waals surface area contributed by atoms with Crippen molar-refractivity contribution in [3.8, 4) is 11.4 Å². The number of nitrogens with one attached hydrogen (secondary N) is 1. The van der Waals surface area contributed by atoms with Crippen molar-refractivity contribution in [1.29, 1.82) is 0 Å². The summed E-state index contributed by atoms with van der Waals surface area (Å²) in [5.41, 5.74) is 2.80. The molecule has 0 aromatic carbocycles. The minimum absolute atomic E-state index is 0.250. The number of H-pyrrole nitrogens is 1. The number of aryl methyl sites for hydroxylation is 1. The molecule has 0 aliphatic rings. The van der Waals surface area contributed by atoms with Crippen LogP contribution in [0.1, 0.15) is 19.4 Å². The fraction of sp³-hybridized carbons (Fsp3) is 0.176. The summed E-state index contributed by atoms with van der Waals surface area (Å²) in [5, 5.41) is 24.3. The summed E-state index contributed by atoms with van der Waals surface area (Å²) in [6.07, 6.45) is 9.60. The van der Waals surface area contributed by atoms with Crippen LogP contribution in [-0.4, -0.2) is 25.2 Å². The van der Waals surface area contributed by atoms with Crippen LogP contribution < -0.4 is 0 Å². The van der Waals surface area contributed by atoms with Gasteiger partial charge in [0.2, 0.25) is 0 Å². The van der Waals surface area contributed by atoms with E-state index in [0.29, 0.717) is 6.26 Å². The molecule has 0 unspecified atom stereocenters. The minimum Gasteiger partial charge on any atom is -0.509 e. The Bertz CT molecular complexity index is 676. The van der Waals surface area contributed by atoms with E-state index in [9.17, 15) is 10.1 Å². The molecule has 128 valence electrons. The molecule has 2 rings (SSSR count). The Kier molecular flexibility index (Phi) is 10.7. The van der Waals surface area contributed by atoms with Crippen LogP contribution in [0.3, 0.4) is 0 Å². The molecule has 0 saturated heterocycles. The van der Waals surface area contributed by atoms with Crippen LogP contribution in [0.5, 0.6) is 0 Å². The van der Waals surface area contributed by atoms with E-state index in [1.54, 1.807) is 18.5 Å². The van der Waals surface area contributed by atoms with Gasteiger partial charge in [-0.15, -0.1) is 0 Å². The number of rotatable bonds is 3. The number of aliphatic hydroxyl groups is 1. The maximum absolute atomic E-state index is 9.51. The van der Waals surface area contributed by atoms with Gasteiger partial charge in [0.05, 0.1) is 22.5 Å². The van der Waals surface area contributed by atoms with Crippen LogP contribution in [0.25, 0.3) is 11.4 Å². The summed E-state index contributed by atoms with van der Waals surface area (Å²) in [5.74, 6) is 0. The van der Waals surface area contributed by atoms with Crippen LogP contribution in [0.2, 0.25) is 0 Å². The number of aliphatic hydroxyl groups excluding tert-OH is 1. The lowest BCUT2D eigenvalue weighted by Crippen LogP contribution is -1.91. The zero-order chi connectivity index (χ0) is 18.4. The molecule has 2 N–H and O–H groups in total. The van der Waals surface area contributed by atoms with E-state index in [4.69, 9.17) is 5.11 Å². The van der Waals surface area contributed by atoms with Gasteiger partial charge in [-0.3, -0.25) is 20.2 Å². The lowest BCUT2D eigenvalue weighted by Gasteiger charge is -1.95. The van der Waals surface area contributed by atoms with Gasteiger partial charge in [0, 0.05) is 13.1 Å². The predicted octanol–water partition coefficient (Wildman–Crippen LogP) is 4.21. The fourth-order valence-corrected chi connectivity index (χ4v) is 1.30. The van der Waals surface area contributed by atoms with Crippen LogP contribution in [0, 0.1) is 17.0 Å². The molecule has 7 nitrogen and oxygen atoms in total.